The van der Waals surface area contributed by atoms with Crippen molar-refractivity contribution in [3.05, 3.63) is 208 Å². The highest BCUT2D eigenvalue weighted by molar-refractivity contribution is 7.00. The van der Waals surface area contributed by atoms with Crippen molar-refractivity contribution in [1.82, 2.24) is 9.13 Å². The Balaban J connectivity index is 1.09. The van der Waals surface area contributed by atoms with Crippen molar-refractivity contribution >= 4 is 66.6 Å². The van der Waals surface area contributed by atoms with E-state index in [-0.39, 0.29) is 28.4 Å². The third-order valence-electron chi connectivity index (χ3n) is 20.4. The predicted molar refractivity (Wildman–Crippen MR) is 312 cm³/mol. The Bertz CT molecular complexity index is 4400. The lowest BCUT2D eigenvalue weighted by atomic mass is 9.33. The predicted octanol–water partition coefficient (Wildman–Crippen LogP) is 15.7. The number of benzene rings is 9. The number of fused-ring (bicyclic) bond motifs is 15. The Morgan fingerprint density at radius 2 is 0.932 bits per heavy atom. The van der Waals surface area contributed by atoms with Crippen molar-refractivity contribution in [3.63, 3.8) is 0 Å². The molecule has 2 nitrogen and oxygen atoms in total. The molecule has 0 unspecified atom stereocenters. The zero-order valence-electron chi connectivity index (χ0n) is 43.9. The lowest BCUT2D eigenvalue weighted by Gasteiger charge is -2.44. The van der Waals surface area contributed by atoms with E-state index in [0.717, 1.165) is 0 Å². The molecule has 9 aromatic carbocycles. The highest BCUT2D eigenvalue weighted by Gasteiger charge is 2.54. The van der Waals surface area contributed by atoms with Gasteiger partial charge < -0.3 is 9.13 Å². The molecule has 5 heterocycles. The molecular weight excluding hydrogens is 892 g/mol. The van der Waals surface area contributed by atoms with Crippen LogP contribution in [0.25, 0.3) is 88.4 Å². The lowest BCUT2D eigenvalue weighted by molar-refractivity contribution is 0.332. The number of rotatable bonds is 2. The van der Waals surface area contributed by atoms with E-state index in [9.17, 15) is 0 Å². The maximum absolute atomic E-state index is 2.80. The number of hydrogen-bond acceptors (Lipinski definition) is 0. The van der Waals surface area contributed by atoms with Gasteiger partial charge in [-0.25, -0.2) is 0 Å². The van der Waals surface area contributed by atoms with Gasteiger partial charge in [-0.15, -0.1) is 0 Å². The topological polar surface area (TPSA) is 9.86 Å². The molecule has 0 N–H and O–H groups in total. The van der Waals surface area contributed by atoms with Gasteiger partial charge in [0.2, 0.25) is 0 Å². The van der Waals surface area contributed by atoms with E-state index in [2.05, 4.69) is 228 Å². The van der Waals surface area contributed by atoms with Crippen LogP contribution >= 0.6 is 0 Å². The number of para-hydroxylation sites is 2. The summed E-state index contributed by atoms with van der Waals surface area (Å²) in [7, 11) is 0. The molecule has 3 heteroatoms. The van der Waals surface area contributed by atoms with Gasteiger partial charge in [0, 0.05) is 38.6 Å². The standard InChI is InChI=1S/C71H59BN2/c1-67(2)33-35-69(5,6)54-37-41(27-29-50(54)67)59-60-43-18-10-9-17-40(43)39-57-66(60)73(62(59)42-28-30-51-55(38-42)70(7,8)36-34-68(51,3)4)58-32-31-53-65-61(58)72(57)56-26-16-22-47-46-21-15-25-52(63(46)74(65)64(47)56)71(53)48-23-13-11-19-44(48)45-20-12-14-24-49(45)71/h9-32,37-39H,33-36H2,1-8H3. The van der Waals surface area contributed by atoms with Crippen LogP contribution < -0.4 is 16.4 Å². The van der Waals surface area contributed by atoms with Crippen LogP contribution in [0, 0.1) is 0 Å². The molecule has 0 amide bonds. The third-order valence-corrected chi connectivity index (χ3v) is 20.4. The summed E-state index contributed by atoms with van der Waals surface area (Å²) >= 11 is 0. The largest absolute Gasteiger partial charge is 0.310 e. The highest BCUT2D eigenvalue weighted by Crippen LogP contribution is 2.62. The zero-order valence-corrected chi connectivity index (χ0v) is 43.9. The first kappa shape index (κ1) is 42.0. The molecule has 3 aliphatic heterocycles. The zero-order chi connectivity index (χ0) is 49.7. The SMILES string of the molecule is CC1(C)CCC(C)(C)c2cc(-c3c(-c4ccc5c(c4)C(C)(C)CCC5(C)C)n4c5c(cc6ccccc6c35)B3c5c-4ccc4c5-n5c6c3cccc6c3cccc(c35)C43c4ccccc4-c4ccccc43)ccc21. The molecule has 3 aliphatic carbocycles. The third kappa shape index (κ3) is 4.76. The first-order chi connectivity index (χ1) is 35.7. The minimum Gasteiger partial charge on any atom is -0.310 e. The van der Waals surface area contributed by atoms with Crippen molar-refractivity contribution in [1.29, 1.82) is 0 Å². The first-order valence-corrected chi connectivity index (χ1v) is 27.6. The first-order valence-electron chi connectivity index (χ1n) is 27.6. The molecule has 0 saturated heterocycles. The molecule has 0 radical (unpaired) electrons. The van der Waals surface area contributed by atoms with Gasteiger partial charge in [-0.1, -0.05) is 207 Å². The second kappa shape index (κ2) is 13.3. The molecule has 0 saturated carbocycles. The van der Waals surface area contributed by atoms with Crippen LogP contribution in [0.3, 0.4) is 0 Å². The second-order valence-corrected chi connectivity index (χ2v) is 26.0. The van der Waals surface area contributed by atoms with Crippen LogP contribution in [-0.2, 0) is 27.1 Å². The Hall–Kier alpha value is -7.36. The maximum Gasteiger partial charge on any atom is 0.252 e. The molecule has 11 aromatic rings. The van der Waals surface area contributed by atoms with Gasteiger partial charge in [0.05, 0.1) is 22.1 Å². The minimum absolute atomic E-state index is 0.00712. The average molecular weight is 951 g/mol. The van der Waals surface area contributed by atoms with E-state index in [4.69, 9.17) is 0 Å². The average Bonchev–Trinajstić information content (AvgIpc) is 4.26. The molecule has 6 aliphatic rings. The molecule has 0 bridgehead atoms. The second-order valence-electron chi connectivity index (χ2n) is 26.0. The molecule has 1 spiro atoms. The van der Waals surface area contributed by atoms with Crippen LogP contribution in [0.1, 0.15) is 126 Å². The summed E-state index contributed by atoms with van der Waals surface area (Å²) in [6.07, 6.45) is 4.73. The summed E-state index contributed by atoms with van der Waals surface area (Å²) < 4.78 is 5.55. The monoisotopic (exact) mass is 950 g/mol. The minimum atomic E-state index is -0.506. The maximum atomic E-state index is 2.80. The molecular formula is C71H59BN2. The van der Waals surface area contributed by atoms with Gasteiger partial charge in [-0.05, 0) is 153 Å². The summed E-state index contributed by atoms with van der Waals surface area (Å²) in [4.78, 5) is 0. The van der Waals surface area contributed by atoms with Crippen LogP contribution in [0.4, 0.5) is 0 Å². The van der Waals surface area contributed by atoms with Gasteiger partial charge in [-0.2, -0.15) is 0 Å². The number of hydrogen-bond donors (Lipinski definition) is 0. The van der Waals surface area contributed by atoms with Gasteiger partial charge in [0.15, 0.2) is 0 Å². The Morgan fingerprint density at radius 1 is 0.392 bits per heavy atom. The quantitative estimate of drug-likeness (QED) is 0.153. The molecule has 74 heavy (non-hydrogen) atoms. The Morgan fingerprint density at radius 3 is 1.62 bits per heavy atom. The Labute approximate surface area is 434 Å². The van der Waals surface area contributed by atoms with E-state index in [1.54, 1.807) is 0 Å². The summed E-state index contributed by atoms with van der Waals surface area (Å²) in [6, 6.07) is 65.5. The van der Waals surface area contributed by atoms with E-state index < -0.39 is 5.41 Å². The molecule has 17 rings (SSSR count). The van der Waals surface area contributed by atoms with E-state index >= 15 is 0 Å². The van der Waals surface area contributed by atoms with Crippen molar-refractivity contribution in [2.24, 2.45) is 0 Å². The summed E-state index contributed by atoms with van der Waals surface area (Å²) in [5.74, 6) is 0. The van der Waals surface area contributed by atoms with Crippen LogP contribution in [0.2, 0.25) is 0 Å². The van der Waals surface area contributed by atoms with Gasteiger partial charge in [0.25, 0.3) is 6.71 Å². The van der Waals surface area contributed by atoms with Crippen LogP contribution in [0.15, 0.2) is 164 Å². The summed E-state index contributed by atoms with van der Waals surface area (Å²) in [5.41, 5.74) is 30.3. The molecule has 356 valence electrons. The van der Waals surface area contributed by atoms with E-state index in [1.165, 1.54) is 175 Å². The molecule has 2 aromatic heterocycles. The fraction of sp³-hybridized carbons (Fsp3) is 0.239. The molecule has 0 atom stereocenters. The van der Waals surface area contributed by atoms with Crippen LogP contribution in [0.5, 0.6) is 0 Å². The van der Waals surface area contributed by atoms with E-state index in [1.807, 2.05) is 0 Å². The van der Waals surface area contributed by atoms with Gasteiger partial charge in [0.1, 0.15) is 0 Å². The fourth-order valence-corrected chi connectivity index (χ4v) is 16.7. The number of nitrogens with zero attached hydrogens (tertiary/aromatic N) is 2. The fourth-order valence-electron chi connectivity index (χ4n) is 16.7. The van der Waals surface area contributed by atoms with Gasteiger partial charge in [-0.3, -0.25) is 0 Å². The Kier molecular flexibility index (Phi) is 7.55. The van der Waals surface area contributed by atoms with Crippen molar-refractivity contribution < 1.29 is 0 Å². The molecule has 0 fully saturated rings. The van der Waals surface area contributed by atoms with E-state index in [0.29, 0.717) is 0 Å². The summed E-state index contributed by atoms with van der Waals surface area (Å²) in [5, 5.41) is 6.68. The normalized spacial score (nSPS) is 18.6. The van der Waals surface area contributed by atoms with Crippen LogP contribution in [-0.4, -0.2) is 15.8 Å². The lowest BCUT2D eigenvalue weighted by Crippen LogP contribution is -2.60. The highest BCUT2D eigenvalue weighted by atomic mass is 15.1. The van der Waals surface area contributed by atoms with Crippen molar-refractivity contribution in [2.45, 2.75) is 108 Å². The number of aromatic nitrogens is 2. The van der Waals surface area contributed by atoms with Crippen molar-refractivity contribution in [2.75, 3.05) is 0 Å². The van der Waals surface area contributed by atoms with Crippen molar-refractivity contribution in [3.8, 4) is 44.9 Å². The summed E-state index contributed by atoms with van der Waals surface area (Å²) in [6.45, 7) is 19.8. The smallest absolute Gasteiger partial charge is 0.252 e. The van der Waals surface area contributed by atoms with Gasteiger partial charge >= 0.3 is 0 Å².